The standard InChI is InChI=1S/C18H19ClN2O3/c1-12-6-5-8-14(19)16(12)18(23)21(10-11-24-2)15-9-4-3-7-13(15)17(20)22/h3-9H,10-11H2,1-2H3,(H2,20,22). The molecule has 0 atom stereocenters. The van der Waals surface area contributed by atoms with Crippen molar-refractivity contribution in [3.63, 3.8) is 0 Å². The molecule has 24 heavy (non-hydrogen) atoms. The normalized spacial score (nSPS) is 10.5. The minimum absolute atomic E-state index is 0.268. The molecule has 2 N–H and O–H groups in total. The van der Waals surface area contributed by atoms with Crippen LogP contribution >= 0.6 is 11.6 Å². The second kappa shape index (κ2) is 7.95. The zero-order chi connectivity index (χ0) is 17.7. The molecule has 2 aromatic carbocycles. The van der Waals surface area contributed by atoms with Crippen molar-refractivity contribution in [1.82, 2.24) is 0 Å². The van der Waals surface area contributed by atoms with Crippen molar-refractivity contribution in [2.24, 2.45) is 5.73 Å². The molecule has 0 aliphatic carbocycles. The SMILES string of the molecule is COCCN(C(=O)c1c(C)cccc1Cl)c1ccccc1C(N)=O. The van der Waals surface area contributed by atoms with Crippen LogP contribution in [0.3, 0.4) is 0 Å². The minimum atomic E-state index is -0.600. The van der Waals surface area contributed by atoms with E-state index in [0.717, 1.165) is 5.56 Å². The first kappa shape index (κ1) is 18.0. The van der Waals surface area contributed by atoms with Gasteiger partial charge in [0, 0.05) is 13.7 Å². The third kappa shape index (κ3) is 3.75. The van der Waals surface area contributed by atoms with E-state index in [0.29, 0.717) is 22.9 Å². The number of para-hydroxylation sites is 1. The lowest BCUT2D eigenvalue weighted by Crippen LogP contribution is -2.36. The highest BCUT2D eigenvalue weighted by Gasteiger charge is 2.24. The third-order valence-corrected chi connectivity index (χ3v) is 3.98. The van der Waals surface area contributed by atoms with E-state index in [1.165, 1.54) is 4.90 Å². The summed E-state index contributed by atoms with van der Waals surface area (Å²) in [4.78, 5) is 26.3. The molecule has 0 aromatic heterocycles. The number of primary amides is 1. The maximum atomic E-state index is 13.1. The van der Waals surface area contributed by atoms with Crippen LogP contribution < -0.4 is 10.6 Å². The van der Waals surface area contributed by atoms with Gasteiger partial charge in [-0.25, -0.2) is 0 Å². The number of carbonyl (C=O) groups is 2. The zero-order valence-electron chi connectivity index (χ0n) is 13.6. The van der Waals surface area contributed by atoms with E-state index < -0.39 is 5.91 Å². The summed E-state index contributed by atoms with van der Waals surface area (Å²) in [5, 5.41) is 0.360. The Morgan fingerprint density at radius 1 is 1.17 bits per heavy atom. The van der Waals surface area contributed by atoms with Gasteiger partial charge in [-0.15, -0.1) is 0 Å². The lowest BCUT2D eigenvalue weighted by Gasteiger charge is -2.25. The number of hydrogen-bond donors (Lipinski definition) is 1. The van der Waals surface area contributed by atoms with E-state index in [9.17, 15) is 9.59 Å². The monoisotopic (exact) mass is 346 g/mol. The van der Waals surface area contributed by atoms with Crippen LogP contribution in [-0.2, 0) is 4.74 Å². The summed E-state index contributed by atoms with van der Waals surface area (Å²) in [6.07, 6.45) is 0. The molecule has 126 valence electrons. The summed E-state index contributed by atoms with van der Waals surface area (Å²) in [6.45, 7) is 2.39. The summed E-state index contributed by atoms with van der Waals surface area (Å²) >= 11 is 6.22. The van der Waals surface area contributed by atoms with Gasteiger partial charge in [-0.2, -0.15) is 0 Å². The molecule has 2 amide bonds. The predicted octanol–water partition coefficient (Wildman–Crippen LogP) is 3.04. The zero-order valence-corrected chi connectivity index (χ0v) is 14.3. The molecule has 0 spiro atoms. The van der Waals surface area contributed by atoms with Gasteiger partial charge in [0.2, 0.25) is 0 Å². The average Bonchev–Trinajstić information content (AvgIpc) is 2.55. The van der Waals surface area contributed by atoms with Crippen LogP contribution in [0.1, 0.15) is 26.3 Å². The summed E-state index contributed by atoms with van der Waals surface area (Å²) in [5.74, 6) is -0.902. The number of rotatable bonds is 6. The average molecular weight is 347 g/mol. The number of nitrogens with zero attached hydrogens (tertiary/aromatic N) is 1. The number of benzene rings is 2. The number of anilines is 1. The quantitative estimate of drug-likeness (QED) is 0.873. The summed E-state index contributed by atoms with van der Waals surface area (Å²) in [7, 11) is 1.55. The molecule has 0 unspecified atom stereocenters. The number of aryl methyl sites for hydroxylation is 1. The van der Waals surface area contributed by atoms with Gasteiger partial charge in [0.15, 0.2) is 0 Å². The number of ether oxygens (including phenoxy) is 1. The van der Waals surface area contributed by atoms with Crippen LogP contribution in [0, 0.1) is 6.92 Å². The fraction of sp³-hybridized carbons (Fsp3) is 0.222. The van der Waals surface area contributed by atoms with Crippen molar-refractivity contribution in [2.45, 2.75) is 6.92 Å². The van der Waals surface area contributed by atoms with Gasteiger partial charge in [0.1, 0.15) is 0 Å². The van der Waals surface area contributed by atoms with E-state index in [1.807, 2.05) is 13.0 Å². The Bertz CT molecular complexity index is 741. The molecule has 0 bridgehead atoms. The number of hydrogen-bond acceptors (Lipinski definition) is 3. The van der Waals surface area contributed by atoms with Gasteiger partial charge in [-0.05, 0) is 30.7 Å². The van der Waals surface area contributed by atoms with E-state index in [2.05, 4.69) is 0 Å². The highest BCUT2D eigenvalue weighted by Crippen LogP contribution is 2.26. The molecule has 0 fully saturated rings. The Balaban J connectivity index is 2.54. The van der Waals surface area contributed by atoms with Gasteiger partial charge < -0.3 is 15.4 Å². The molecule has 5 nitrogen and oxygen atoms in total. The van der Waals surface area contributed by atoms with Gasteiger partial charge in [-0.1, -0.05) is 35.9 Å². The maximum absolute atomic E-state index is 13.1. The smallest absolute Gasteiger partial charge is 0.260 e. The van der Waals surface area contributed by atoms with E-state index >= 15 is 0 Å². The molecule has 0 saturated heterocycles. The lowest BCUT2D eigenvalue weighted by atomic mass is 10.1. The van der Waals surface area contributed by atoms with Crippen LogP contribution in [0.4, 0.5) is 5.69 Å². The first-order valence-corrected chi connectivity index (χ1v) is 7.80. The van der Waals surface area contributed by atoms with Crippen LogP contribution in [-0.4, -0.2) is 32.1 Å². The summed E-state index contributed by atoms with van der Waals surface area (Å²) in [6, 6.07) is 12.0. The number of nitrogens with two attached hydrogens (primary N) is 1. The topological polar surface area (TPSA) is 72.6 Å². The van der Waals surface area contributed by atoms with Gasteiger partial charge in [0.05, 0.1) is 28.4 Å². The number of methoxy groups -OCH3 is 1. The Morgan fingerprint density at radius 3 is 2.50 bits per heavy atom. The Labute approximate surface area is 146 Å². The van der Waals surface area contributed by atoms with E-state index in [-0.39, 0.29) is 18.0 Å². The third-order valence-electron chi connectivity index (χ3n) is 3.66. The van der Waals surface area contributed by atoms with Crippen molar-refractivity contribution < 1.29 is 14.3 Å². The van der Waals surface area contributed by atoms with Crippen LogP contribution in [0.15, 0.2) is 42.5 Å². The van der Waals surface area contributed by atoms with Crippen molar-refractivity contribution in [2.75, 3.05) is 25.2 Å². The van der Waals surface area contributed by atoms with E-state index in [1.54, 1.807) is 43.5 Å². The molecular weight excluding hydrogens is 328 g/mol. The number of carbonyl (C=O) groups excluding carboxylic acids is 2. The van der Waals surface area contributed by atoms with Gasteiger partial charge in [-0.3, -0.25) is 9.59 Å². The second-order valence-electron chi connectivity index (χ2n) is 5.26. The first-order chi connectivity index (χ1) is 11.5. The van der Waals surface area contributed by atoms with Crippen molar-refractivity contribution >= 4 is 29.1 Å². The fourth-order valence-corrected chi connectivity index (χ4v) is 2.77. The number of halogens is 1. The largest absolute Gasteiger partial charge is 0.383 e. The Morgan fingerprint density at radius 2 is 1.88 bits per heavy atom. The molecule has 6 heteroatoms. The van der Waals surface area contributed by atoms with Crippen molar-refractivity contribution in [3.05, 3.63) is 64.2 Å². The summed E-state index contributed by atoms with van der Waals surface area (Å²) < 4.78 is 5.10. The fourth-order valence-electron chi connectivity index (χ4n) is 2.47. The Hall–Kier alpha value is -2.37. The highest BCUT2D eigenvalue weighted by molar-refractivity contribution is 6.34. The maximum Gasteiger partial charge on any atom is 0.260 e. The van der Waals surface area contributed by atoms with Crippen LogP contribution in [0.25, 0.3) is 0 Å². The number of amides is 2. The molecule has 0 heterocycles. The molecule has 2 aromatic rings. The molecule has 2 rings (SSSR count). The molecule has 0 aliphatic heterocycles. The summed E-state index contributed by atoms with van der Waals surface area (Å²) in [5.41, 5.74) is 7.31. The molecule has 0 saturated carbocycles. The lowest BCUT2D eigenvalue weighted by molar-refractivity contribution is 0.0975. The molecule has 0 radical (unpaired) electrons. The van der Waals surface area contributed by atoms with Crippen LogP contribution in [0.5, 0.6) is 0 Å². The predicted molar refractivity (Wildman–Crippen MR) is 94.7 cm³/mol. The highest BCUT2D eigenvalue weighted by atomic mass is 35.5. The minimum Gasteiger partial charge on any atom is -0.383 e. The van der Waals surface area contributed by atoms with Crippen molar-refractivity contribution in [3.8, 4) is 0 Å². The van der Waals surface area contributed by atoms with Gasteiger partial charge >= 0.3 is 0 Å². The van der Waals surface area contributed by atoms with Gasteiger partial charge in [0.25, 0.3) is 11.8 Å². The van der Waals surface area contributed by atoms with Crippen LogP contribution in [0.2, 0.25) is 5.02 Å². The first-order valence-electron chi connectivity index (χ1n) is 7.42. The molecular formula is C18H19ClN2O3. The van der Waals surface area contributed by atoms with E-state index in [4.69, 9.17) is 22.1 Å². The molecule has 0 aliphatic rings. The second-order valence-corrected chi connectivity index (χ2v) is 5.67. The Kier molecular flexibility index (Phi) is 5.95. The van der Waals surface area contributed by atoms with Crippen molar-refractivity contribution in [1.29, 1.82) is 0 Å².